The van der Waals surface area contributed by atoms with Crippen molar-refractivity contribution in [2.24, 2.45) is 0 Å². The summed E-state index contributed by atoms with van der Waals surface area (Å²) in [7, 11) is 4.19. The molecule has 0 saturated heterocycles. The molecule has 0 aliphatic heterocycles. The number of hydrogen-bond donors (Lipinski definition) is 1. The molecule has 6 nitrogen and oxygen atoms in total. The molecule has 2 aromatic rings. The van der Waals surface area contributed by atoms with E-state index in [4.69, 9.17) is 9.15 Å². The Balaban J connectivity index is 0.00000578. The SMILES string of the molecule is CCCCCNC(=O)C[N+](C)(C)CCCCOc1ccc2ccc(=O)oc2c1CC=C(C)C.[Br-]. The lowest BCUT2D eigenvalue weighted by Crippen LogP contribution is -3.00. The second-order valence-corrected chi connectivity index (χ2v) is 9.63. The van der Waals surface area contributed by atoms with Crippen LogP contribution in [0.1, 0.15) is 58.4 Å². The Morgan fingerprint density at radius 3 is 2.53 bits per heavy atom. The van der Waals surface area contributed by atoms with E-state index in [2.05, 4.69) is 32.4 Å². The van der Waals surface area contributed by atoms with Crippen LogP contribution in [-0.2, 0) is 11.2 Å². The predicted molar refractivity (Wildman–Crippen MR) is 135 cm³/mol. The summed E-state index contributed by atoms with van der Waals surface area (Å²) in [4.78, 5) is 24.0. The summed E-state index contributed by atoms with van der Waals surface area (Å²) in [5.74, 6) is 0.878. The highest BCUT2D eigenvalue weighted by Gasteiger charge is 2.19. The van der Waals surface area contributed by atoms with Gasteiger partial charge in [0.2, 0.25) is 0 Å². The van der Waals surface area contributed by atoms with E-state index in [0.717, 1.165) is 61.9 Å². The largest absolute Gasteiger partial charge is 1.00 e. The van der Waals surface area contributed by atoms with Crippen molar-refractivity contribution < 1.29 is 35.4 Å². The number of benzene rings is 1. The summed E-state index contributed by atoms with van der Waals surface area (Å²) in [5, 5.41) is 3.92. The van der Waals surface area contributed by atoms with Crippen LogP contribution in [0, 0.1) is 0 Å². The minimum atomic E-state index is -0.354. The van der Waals surface area contributed by atoms with E-state index in [1.54, 1.807) is 6.07 Å². The van der Waals surface area contributed by atoms with Crippen LogP contribution in [-0.4, -0.2) is 50.7 Å². The molecule has 0 unspecified atom stereocenters. The van der Waals surface area contributed by atoms with Crippen molar-refractivity contribution in [2.45, 2.75) is 59.3 Å². The van der Waals surface area contributed by atoms with Crippen LogP contribution in [0.2, 0.25) is 0 Å². The number of halogens is 1. The lowest BCUT2D eigenvalue weighted by molar-refractivity contribution is -0.882. The van der Waals surface area contributed by atoms with Crippen molar-refractivity contribution in [3.05, 3.63) is 51.9 Å². The normalized spacial score (nSPS) is 11.1. The van der Waals surface area contributed by atoms with E-state index < -0.39 is 0 Å². The number of likely N-dealkylation sites (N-methyl/N-ethyl adjacent to an activating group) is 1. The van der Waals surface area contributed by atoms with E-state index in [1.807, 2.05) is 26.0 Å². The number of amides is 1. The molecule has 0 atom stereocenters. The number of quaternary nitrogens is 1. The molecule has 7 heteroatoms. The third-order valence-corrected chi connectivity index (χ3v) is 5.65. The molecule has 1 N–H and O–H groups in total. The second kappa shape index (κ2) is 15.0. The van der Waals surface area contributed by atoms with Gasteiger partial charge in [-0.15, -0.1) is 0 Å². The zero-order valence-corrected chi connectivity index (χ0v) is 23.0. The minimum Gasteiger partial charge on any atom is -1.00 e. The van der Waals surface area contributed by atoms with Gasteiger partial charge < -0.3 is 35.9 Å². The number of hydrogen-bond acceptors (Lipinski definition) is 4. The van der Waals surface area contributed by atoms with Crippen LogP contribution in [0.15, 0.2) is 45.1 Å². The van der Waals surface area contributed by atoms with Gasteiger partial charge >= 0.3 is 5.63 Å². The number of allylic oxidation sites excluding steroid dienone is 2. The zero-order valence-electron chi connectivity index (χ0n) is 21.4. The molecule has 34 heavy (non-hydrogen) atoms. The molecular formula is C27H41BrN2O4. The Hall–Kier alpha value is -2.12. The quantitative estimate of drug-likeness (QED) is 0.173. The van der Waals surface area contributed by atoms with E-state index in [0.29, 0.717) is 29.6 Å². The minimum absolute atomic E-state index is 0. The average Bonchev–Trinajstić information content (AvgIpc) is 2.74. The van der Waals surface area contributed by atoms with Gasteiger partial charge in [-0.25, -0.2) is 4.79 Å². The van der Waals surface area contributed by atoms with Gasteiger partial charge in [-0.05, 0) is 57.7 Å². The second-order valence-electron chi connectivity index (χ2n) is 9.63. The number of nitrogens with one attached hydrogen (secondary N) is 1. The first-order chi connectivity index (χ1) is 15.7. The molecular weight excluding hydrogens is 496 g/mol. The highest BCUT2D eigenvalue weighted by Crippen LogP contribution is 2.28. The maximum atomic E-state index is 12.2. The molecule has 0 saturated carbocycles. The molecule has 1 aromatic heterocycles. The van der Waals surface area contributed by atoms with Crippen LogP contribution in [0.4, 0.5) is 0 Å². The number of carbonyl (C=O) groups excluding carboxylic acids is 1. The molecule has 0 aliphatic rings. The van der Waals surface area contributed by atoms with Gasteiger partial charge in [0.1, 0.15) is 11.3 Å². The number of ether oxygens (including phenoxy) is 1. The van der Waals surface area contributed by atoms with E-state index in [9.17, 15) is 9.59 Å². The molecule has 1 aromatic carbocycles. The van der Waals surface area contributed by atoms with E-state index >= 15 is 0 Å². The van der Waals surface area contributed by atoms with Crippen molar-refractivity contribution in [1.29, 1.82) is 0 Å². The maximum Gasteiger partial charge on any atom is 0.336 e. The number of nitrogens with zero attached hydrogens (tertiary/aromatic N) is 1. The van der Waals surface area contributed by atoms with Gasteiger partial charge in [0.25, 0.3) is 5.91 Å². The van der Waals surface area contributed by atoms with Crippen molar-refractivity contribution in [3.63, 3.8) is 0 Å². The fourth-order valence-electron chi connectivity index (χ4n) is 3.76. The summed E-state index contributed by atoms with van der Waals surface area (Å²) in [5.41, 5.74) is 2.35. The molecule has 0 bridgehead atoms. The Kier molecular flexibility index (Phi) is 13.2. The lowest BCUT2D eigenvalue weighted by atomic mass is 10.1. The monoisotopic (exact) mass is 536 g/mol. The van der Waals surface area contributed by atoms with Crippen molar-refractivity contribution in [2.75, 3.05) is 40.3 Å². The van der Waals surface area contributed by atoms with Crippen LogP contribution in [0.3, 0.4) is 0 Å². The molecule has 0 spiro atoms. The molecule has 0 radical (unpaired) electrons. The van der Waals surface area contributed by atoms with Gasteiger partial charge in [0.05, 0.1) is 27.2 Å². The number of fused-ring (bicyclic) bond motifs is 1. The van der Waals surface area contributed by atoms with Gasteiger partial charge in [-0.1, -0.05) is 31.4 Å². The van der Waals surface area contributed by atoms with Crippen LogP contribution in [0.25, 0.3) is 11.0 Å². The Bertz CT molecular complexity index is 994. The predicted octanol–water partition coefficient (Wildman–Crippen LogP) is 1.85. The number of rotatable bonds is 14. The zero-order chi connectivity index (χ0) is 24.3. The lowest BCUT2D eigenvalue weighted by Gasteiger charge is -2.29. The summed E-state index contributed by atoms with van der Waals surface area (Å²) in [6.07, 6.45) is 7.96. The van der Waals surface area contributed by atoms with Crippen LogP contribution in [0.5, 0.6) is 5.75 Å². The van der Waals surface area contributed by atoms with Crippen LogP contribution < -0.4 is 32.7 Å². The first kappa shape index (κ1) is 29.9. The van der Waals surface area contributed by atoms with Gasteiger partial charge in [-0.3, -0.25) is 4.79 Å². The van der Waals surface area contributed by atoms with E-state index in [-0.39, 0.29) is 28.5 Å². The molecule has 0 aliphatic carbocycles. The van der Waals surface area contributed by atoms with Gasteiger partial charge in [0.15, 0.2) is 6.54 Å². The number of carbonyl (C=O) groups is 1. The Morgan fingerprint density at radius 1 is 1.09 bits per heavy atom. The molecule has 1 heterocycles. The smallest absolute Gasteiger partial charge is 0.336 e. The first-order valence-corrected chi connectivity index (χ1v) is 12.1. The standard InChI is InChI=1S/C27H40N2O4.BrH/c1-6-7-8-17-28-25(30)20-29(4,5)18-9-10-19-32-24-15-12-22-13-16-26(31)33-27(22)23(24)14-11-21(2)3;/h11-13,15-16H,6-10,14,17-20H2,1-5H3;1H. The summed E-state index contributed by atoms with van der Waals surface area (Å²) < 4.78 is 12.3. The topological polar surface area (TPSA) is 68.5 Å². The first-order valence-electron chi connectivity index (χ1n) is 12.1. The van der Waals surface area contributed by atoms with Crippen molar-refractivity contribution >= 4 is 16.9 Å². The molecule has 190 valence electrons. The highest BCUT2D eigenvalue weighted by molar-refractivity contribution is 5.82. The maximum absolute atomic E-state index is 12.2. The van der Waals surface area contributed by atoms with Gasteiger partial charge in [0, 0.05) is 23.6 Å². The van der Waals surface area contributed by atoms with Crippen molar-refractivity contribution in [1.82, 2.24) is 5.32 Å². The summed E-state index contributed by atoms with van der Waals surface area (Å²) in [6, 6.07) is 7.12. The third-order valence-electron chi connectivity index (χ3n) is 5.65. The highest BCUT2D eigenvalue weighted by atomic mass is 79.9. The van der Waals surface area contributed by atoms with Crippen molar-refractivity contribution in [3.8, 4) is 5.75 Å². The fourth-order valence-corrected chi connectivity index (χ4v) is 3.76. The Labute approximate surface area is 214 Å². The Morgan fingerprint density at radius 2 is 1.82 bits per heavy atom. The fraction of sp³-hybridized carbons (Fsp3) is 0.556. The molecule has 2 rings (SSSR count). The summed E-state index contributed by atoms with van der Waals surface area (Å²) >= 11 is 0. The average molecular weight is 538 g/mol. The molecule has 1 amide bonds. The van der Waals surface area contributed by atoms with Crippen LogP contribution >= 0.6 is 0 Å². The van der Waals surface area contributed by atoms with E-state index in [1.165, 1.54) is 11.6 Å². The summed E-state index contributed by atoms with van der Waals surface area (Å²) in [6.45, 7) is 9.00. The van der Waals surface area contributed by atoms with Gasteiger partial charge in [-0.2, -0.15) is 0 Å². The third kappa shape index (κ3) is 10.4. The number of unbranched alkanes of at least 4 members (excludes halogenated alkanes) is 3. The molecule has 0 fully saturated rings.